The predicted molar refractivity (Wildman–Crippen MR) is 77.9 cm³/mol. The Bertz CT molecular complexity index is 372. The summed E-state index contributed by atoms with van der Waals surface area (Å²) in [5.74, 6) is 0. The first-order valence-corrected chi connectivity index (χ1v) is 7.17. The third kappa shape index (κ3) is 4.44. The lowest BCUT2D eigenvalue weighted by Crippen LogP contribution is -2.50. The minimum absolute atomic E-state index is 0.0496. The van der Waals surface area contributed by atoms with E-state index in [1.165, 1.54) is 12.0 Å². The van der Waals surface area contributed by atoms with Gasteiger partial charge in [-0.1, -0.05) is 30.3 Å². The molecule has 0 aliphatic carbocycles. The van der Waals surface area contributed by atoms with Crippen molar-refractivity contribution in [3.63, 3.8) is 0 Å². The van der Waals surface area contributed by atoms with Crippen molar-refractivity contribution in [1.29, 1.82) is 0 Å². The van der Waals surface area contributed by atoms with Crippen LogP contribution in [0.4, 0.5) is 0 Å². The zero-order valence-corrected chi connectivity index (χ0v) is 11.7. The van der Waals surface area contributed by atoms with Gasteiger partial charge in [-0.25, -0.2) is 0 Å². The fourth-order valence-corrected chi connectivity index (χ4v) is 2.60. The topological polar surface area (TPSA) is 23.6 Å². The Hall–Kier alpha value is -1.19. The molecule has 1 heterocycles. The van der Waals surface area contributed by atoms with E-state index < -0.39 is 0 Å². The molecule has 0 saturated carbocycles. The van der Waals surface area contributed by atoms with E-state index in [0.717, 1.165) is 39.1 Å². The zero-order valence-electron chi connectivity index (χ0n) is 11.7. The quantitative estimate of drug-likeness (QED) is 0.777. The van der Waals surface area contributed by atoms with E-state index in [2.05, 4.69) is 46.4 Å². The van der Waals surface area contributed by atoms with Gasteiger partial charge in [-0.05, 0) is 31.9 Å². The van der Waals surface area contributed by atoms with Crippen molar-refractivity contribution in [3.8, 4) is 0 Å². The number of hydrogen-bond donors (Lipinski definition) is 0. The monoisotopic (exact) mass is 259 g/mol. The van der Waals surface area contributed by atoms with Crippen LogP contribution in [0.2, 0.25) is 0 Å². The highest BCUT2D eigenvalue weighted by Crippen LogP contribution is 2.08. The van der Waals surface area contributed by atoms with Gasteiger partial charge in [0.15, 0.2) is 0 Å². The molecular formula is C16H23N2O. The summed E-state index contributed by atoms with van der Waals surface area (Å²) in [6.07, 6.45) is 4.43. The molecule has 1 aliphatic rings. The van der Waals surface area contributed by atoms with E-state index in [0.29, 0.717) is 0 Å². The van der Waals surface area contributed by atoms with Gasteiger partial charge in [-0.15, -0.1) is 0 Å². The summed E-state index contributed by atoms with van der Waals surface area (Å²) in [5, 5.41) is 0. The van der Waals surface area contributed by atoms with Gasteiger partial charge in [0.2, 0.25) is 6.29 Å². The van der Waals surface area contributed by atoms with Gasteiger partial charge in [0.05, 0.1) is 6.04 Å². The molecule has 1 unspecified atom stereocenters. The predicted octanol–water partition coefficient (Wildman–Crippen LogP) is 1.73. The Morgan fingerprint density at radius 2 is 1.84 bits per heavy atom. The second-order valence-electron chi connectivity index (χ2n) is 5.26. The van der Waals surface area contributed by atoms with E-state index in [4.69, 9.17) is 0 Å². The summed E-state index contributed by atoms with van der Waals surface area (Å²) in [6.45, 7) is 7.20. The second kappa shape index (κ2) is 7.41. The molecule has 19 heavy (non-hydrogen) atoms. The standard InChI is InChI=1S/C16H23N2O/c1-15(14-19)18-12-10-17(11-13-18)9-5-8-16-6-3-2-4-7-16/h2-4,6-7,15H,5,8-13H2,1H3. The first-order valence-electron chi connectivity index (χ1n) is 7.17. The molecule has 1 aliphatic heterocycles. The molecule has 103 valence electrons. The first-order chi connectivity index (χ1) is 9.29. The smallest absolute Gasteiger partial charge is 0.216 e. The van der Waals surface area contributed by atoms with Crippen molar-refractivity contribution < 1.29 is 4.79 Å². The number of piperazine rings is 1. The lowest BCUT2D eigenvalue weighted by Gasteiger charge is -2.36. The number of nitrogens with zero attached hydrogens (tertiary/aromatic N) is 2. The van der Waals surface area contributed by atoms with Crippen molar-refractivity contribution >= 4 is 6.29 Å². The summed E-state index contributed by atoms with van der Waals surface area (Å²) in [7, 11) is 0. The van der Waals surface area contributed by atoms with Gasteiger partial charge < -0.3 is 4.90 Å². The normalized spacial score (nSPS) is 19.2. The highest BCUT2D eigenvalue weighted by Gasteiger charge is 2.20. The molecule has 0 bridgehead atoms. The van der Waals surface area contributed by atoms with Gasteiger partial charge in [-0.3, -0.25) is 9.69 Å². The maximum absolute atomic E-state index is 10.6. The van der Waals surface area contributed by atoms with Crippen LogP contribution in [-0.2, 0) is 11.2 Å². The van der Waals surface area contributed by atoms with Crippen molar-refractivity contribution in [2.75, 3.05) is 32.7 Å². The van der Waals surface area contributed by atoms with E-state index in [-0.39, 0.29) is 6.04 Å². The molecule has 1 saturated heterocycles. The fourth-order valence-electron chi connectivity index (χ4n) is 2.60. The molecule has 1 fully saturated rings. The average molecular weight is 259 g/mol. The molecule has 3 heteroatoms. The van der Waals surface area contributed by atoms with Gasteiger partial charge in [0.25, 0.3) is 0 Å². The van der Waals surface area contributed by atoms with Crippen LogP contribution in [0.15, 0.2) is 30.3 Å². The van der Waals surface area contributed by atoms with E-state index in [1.54, 1.807) is 0 Å². The maximum atomic E-state index is 10.6. The van der Waals surface area contributed by atoms with Gasteiger partial charge in [-0.2, -0.15) is 0 Å². The highest BCUT2D eigenvalue weighted by molar-refractivity contribution is 5.57. The summed E-state index contributed by atoms with van der Waals surface area (Å²) >= 11 is 0. The minimum atomic E-state index is -0.0496. The molecule has 0 N–H and O–H groups in total. The molecule has 0 aromatic heterocycles. The molecule has 1 aromatic rings. The molecule has 0 spiro atoms. The van der Waals surface area contributed by atoms with Gasteiger partial charge >= 0.3 is 0 Å². The molecular weight excluding hydrogens is 236 g/mol. The van der Waals surface area contributed by atoms with Crippen LogP contribution in [0.3, 0.4) is 0 Å². The van der Waals surface area contributed by atoms with Crippen molar-refractivity contribution in [1.82, 2.24) is 9.80 Å². The van der Waals surface area contributed by atoms with Crippen LogP contribution in [0.5, 0.6) is 0 Å². The Kier molecular flexibility index (Phi) is 5.55. The Morgan fingerprint density at radius 3 is 2.47 bits per heavy atom. The van der Waals surface area contributed by atoms with Crippen LogP contribution < -0.4 is 0 Å². The third-order valence-corrected chi connectivity index (χ3v) is 3.91. The van der Waals surface area contributed by atoms with Gasteiger partial charge in [0, 0.05) is 26.2 Å². The van der Waals surface area contributed by atoms with E-state index >= 15 is 0 Å². The molecule has 1 aromatic carbocycles. The molecule has 3 nitrogen and oxygen atoms in total. The van der Waals surface area contributed by atoms with Crippen molar-refractivity contribution in [2.45, 2.75) is 25.8 Å². The van der Waals surface area contributed by atoms with Crippen molar-refractivity contribution in [2.24, 2.45) is 0 Å². The number of benzene rings is 1. The summed E-state index contributed by atoms with van der Waals surface area (Å²) in [5.41, 5.74) is 1.42. The van der Waals surface area contributed by atoms with Crippen LogP contribution in [0, 0.1) is 0 Å². The SMILES string of the molecule is CC([C]=O)N1CCN(CCCc2ccccc2)CC1. The maximum Gasteiger partial charge on any atom is 0.216 e. The Labute approximate surface area is 116 Å². The van der Waals surface area contributed by atoms with Crippen LogP contribution in [0.25, 0.3) is 0 Å². The van der Waals surface area contributed by atoms with E-state index in [1.807, 2.05) is 6.92 Å². The highest BCUT2D eigenvalue weighted by atomic mass is 16.1. The van der Waals surface area contributed by atoms with Crippen LogP contribution in [-0.4, -0.2) is 54.9 Å². The summed E-state index contributed by atoms with van der Waals surface area (Å²) in [4.78, 5) is 15.3. The van der Waals surface area contributed by atoms with Crippen LogP contribution in [0.1, 0.15) is 18.9 Å². The van der Waals surface area contributed by atoms with Gasteiger partial charge in [0.1, 0.15) is 0 Å². The summed E-state index contributed by atoms with van der Waals surface area (Å²) < 4.78 is 0. The molecule has 1 radical (unpaired) electrons. The number of hydrogen-bond acceptors (Lipinski definition) is 3. The first kappa shape index (κ1) is 14.2. The fraction of sp³-hybridized carbons (Fsp3) is 0.562. The molecule has 0 amide bonds. The largest absolute Gasteiger partial charge is 0.301 e. The second-order valence-corrected chi connectivity index (χ2v) is 5.26. The third-order valence-electron chi connectivity index (χ3n) is 3.91. The van der Waals surface area contributed by atoms with Crippen molar-refractivity contribution in [3.05, 3.63) is 35.9 Å². The lowest BCUT2D eigenvalue weighted by molar-refractivity contribution is 0.120. The lowest BCUT2D eigenvalue weighted by atomic mass is 10.1. The average Bonchev–Trinajstić information content (AvgIpc) is 2.48. The molecule has 1 atom stereocenters. The van der Waals surface area contributed by atoms with E-state index in [9.17, 15) is 4.79 Å². The summed E-state index contributed by atoms with van der Waals surface area (Å²) in [6, 6.07) is 10.6. The number of rotatable bonds is 6. The molecule has 2 rings (SSSR count). The Morgan fingerprint density at radius 1 is 1.16 bits per heavy atom. The number of carbonyl (C=O) groups excluding carboxylic acids is 1. The van der Waals surface area contributed by atoms with Crippen LogP contribution >= 0.6 is 0 Å². The Balaban J connectivity index is 1.65. The number of aryl methyl sites for hydroxylation is 1. The zero-order chi connectivity index (χ0) is 13.5. The minimum Gasteiger partial charge on any atom is -0.301 e.